The highest BCUT2D eigenvalue weighted by Crippen LogP contribution is 2.12. The van der Waals surface area contributed by atoms with Crippen molar-refractivity contribution in [2.75, 3.05) is 13.2 Å². The van der Waals surface area contributed by atoms with Gasteiger partial charge in [-0.25, -0.2) is 0 Å². The van der Waals surface area contributed by atoms with E-state index in [4.69, 9.17) is 10.5 Å². The summed E-state index contributed by atoms with van der Waals surface area (Å²) in [6.45, 7) is 3.36. The molecule has 0 aliphatic carbocycles. The molecular weight excluding hydrogens is 192 g/mol. The van der Waals surface area contributed by atoms with Crippen LogP contribution < -0.4 is 11.1 Å². The molecule has 1 fully saturated rings. The Labute approximate surface area is 91.5 Å². The number of amides is 1. The van der Waals surface area contributed by atoms with Crippen LogP contribution in [0.25, 0.3) is 0 Å². The Morgan fingerprint density at radius 3 is 3.00 bits per heavy atom. The summed E-state index contributed by atoms with van der Waals surface area (Å²) >= 11 is 0. The molecule has 0 aromatic rings. The van der Waals surface area contributed by atoms with Crippen molar-refractivity contribution in [3.8, 4) is 0 Å². The maximum atomic E-state index is 11.7. The monoisotopic (exact) mass is 214 g/mol. The van der Waals surface area contributed by atoms with E-state index in [1.165, 1.54) is 0 Å². The van der Waals surface area contributed by atoms with Gasteiger partial charge in [0.05, 0.1) is 0 Å². The van der Waals surface area contributed by atoms with Crippen molar-refractivity contribution < 1.29 is 9.53 Å². The fourth-order valence-corrected chi connectivity index (χ4v) is 1.78. The minimum absolute atomic E-state index is 0.0130. The maximum absolute atomic E-state index is 11.7. The predicted molar refractivity (Wildman–Crippen MR) is 59.5 cm³/mol. The molecule has 4 nitrogen and oxygen atoms in total. The lowest BCUT2D eigenvalue weighted by Gasteiger charge is -2.18. The van der Waals surface area contributed by atoms with E-state index in [9.17, 15) is 4.79 Å². The highest BCUT2D eigenvalue weighted by atomic mass is 16.5. The lowest BCUT2D eigenvalue weighted by Crippen LogP contribution is -2.44. The fraction of sp³-hybridized carbons (Fsp3) is 0.909. The number of unbranched alkanes of at least 4 members (excludes halogenated alkanes) is 1. The Morgan fingerprint density at radius 2 is 2.47 bits per heavy atom. The molecule has 1 saturated heterocycles. The molecular formula is C11H22N2O2. The van der Waals surface area contributed by atoms with Gasteiger partial charge in [0.2, 0.25) is 5.91 Å². The van der Waals surface area contributed by atoms with Crippen LogP contribution in [0.3, 0.4) is 0 Å². The van der Waals surface area contributed by atoms with Gasteiger partial charge in [0, 0.05) is 19.2 Å². The lowest BCUT2D eigenvalue weighted by molar-refractivity contribution is -0.130. The molecule has 3 N–H and O–H groups in total. The van der Waals surface area contributed by atoms with E-state index in [1.54, 1.807) is 0 Å². The van der Waals surface area contributed by atoms with E-state index >= 15 is 0 Å². The number of rotatable bonds is 6. The zero-order valence-electron chi connectivity index (χ0n) is 9.50. The summed E-state index contributed by atoms with van der Waals surface area (Å²) in [5.41, 5.74) is 5.60. The van der Waals surface area contributed by atoms with Crippen LogP contribution >= 0.6 is 0 Å². The average molecular weight is 214 g/mol. The number of hydrogen-bond acceptors (Lipinski definition) is 3. The van der Waals surface area contributed by atoms with E-state index in [-0.39, 0.29) is 18.1 Å². The van der Waals surface area contributed by atoms with Crippen molar-refractivity contribution in [2.24, 2.45) is 5.73 Å². The molecule has 1 rings (SSSR count). The number of carbonyl (C=O) groups excluding carboxylic acids is 1. The highest BCUT2D eigenvalue weighted by Gasteiger charge is 2.24. The maximum Gasteiger partial charge on any atom is 0.249 e. The van der Waals surface area contributed by atoms with E-state index in [2.05, 4.69) is 12.2 Å². The van der Waals surface area contributed by atoms with Crippen LogP contribution in [-0.2, 0) is 9.53 Å². The standard InChI is InChI=1S/C11H22N2O2/c1-2-3-5-9(8-12)13-11(14)10-6-4-7-15-10/h9-10H,2-8,12H2,1H3,(H,13,14)/t9?,10-/m0/s1. The summed E-state index contributed by atoms with van der Waals surface area (Å²) in [6.07, 6.45) is 4.79. The molecule has 1 unspecified atom stereocenters. The third-order valence-electron chi connectivity index (χ3n) is 2.76. The highest BCUT2D eigenvalue weighted by molar-refractivity contribution is 5.81. The molecule has 1 aliphatic rings. The molecule has 0 saturated carbocycles. The molecule has 0 spiro atoms. The van der Waals surface area contributed by atoms with Gasteiger partial charge in [-0.3, -0.25) is 4.79 Å². The quantitative estimate of drug-likeness (QED) is 0.687. The number of hydrogen-bond donors (Lipinski definition) is 2. The summed E-state index contributed by atoms with van der Waals surface area (Å²) < 4.78 is 5.31. The molecule has 0 aromatic carbocycles. The zero-order chi connectivity index (χ0) is 11.1. The summed E-state index contributed by atoms with van der Waals surface area (Å²) in [4.78, 5) is 11.7. The van der Waals surface area contributed by atoms with Crippen LogP contribution in [0.5, 0.6) is 0 Å². The minimum atomic E-state index is -0.235. The van der Waals surface area contributed by atoms with Gasteiger partial charge in [0.1, 0.15) is 6.10 Å². The van der Waals surface area contributed by atoms with E-state index in [1.807, 2.05) is 0 Å². The molecule has 88 valence electrons. The molecule has 0 radical (unpaired) electrons. The first-order chi connectivity index (χ1) is 7.27. The number of carbonyl (C=O) groups is 1. The molecule has 0 aromatic heterocycles. The van der Waals surface area contributed by atoms with Gasteiger partial charge < -0.3 is 15.8 Å². The van der Waals surface area contributed by atoms with Crippen LogP contribution in [0.15, 0.2) is 0 Å². The second kappa shape index (κ2) is 6.80. The van der Waals surface area contributed by atoms with E-state index in [0.29, 0.717) is 13.2 Å². The summed E-state index contributed by atoms with van der Waals surface area (Å²) in [7, 11) is 0. The van der Waals surface area contributed by atoms with Crippen molar-refractivity contribution in [2.45, 2.75) is 51.2 Å². The van der Waals surface area contributed by atoms with Gasteiger partial charge in [-0.15, -0.1) is 0 Å². The van der Waals surface area contributed by atoms with Crippen LogP contribution in [0.4, 0.5) is 0 Å². The predicted octanol–water partition coefficient (Wildman–Crippen LogP) is 0.799. The van der Waals surface area contributed by atoms with Gasteiger partial charge in [-0.2, -0.15) is 0 Å². The summed E-state index contributed by atoms with van der Waals surface area (Å²) in [5.74, 6) is 0.0130. The lowest BCUT2D eigenvalue weighted by atomic mass is 10.1. The Bertz CT molecular complexity index is 191. The minimum Gasteiger partial charge on any atom is -0.368 e. The molecule has 1 amide bonds. The molecule has 2 atom stereocenters. The SMILES string of the molecule is CCCCC(CN)NC(=O)[C@@H]1CCCO1. The van der Waals surface area contributed by atoms with E-state index < -0.39 is 0 Å². The largest absolute Gasteiger partial charge is 0.368 e. The van der Waals surface area contributed by atoms with Crippen molar-refractivity contribution >= 4 is 5.91 Å². The van der Waals surface area contributed by atoms with Crippen molar-refractivity contribution in [3.05, 3.63) is 0 Å². The zero-order valence-corrected chi connectivity index (χ0v) is 9.50. The first-order valence-electron chi connectivity index (χ1n) is 5.90. The van der Waals surface area contributed by atoms with Gasteiger partial charge in [0.25, 0.3) is 0 Å². The smallest absolute Gasteiger partial charge is 0.249 e. The summed E-state index contributed by atoms with van der Waals surface area (Å²) in [5, 5.41) is 2.95. The van der Waals surface area contributed by atoms with Gasteiger partial charge in [0.15, 0.2) is 0 Å². The van der Waals surface area contributed by atoms with Crippen LogP contribution in [-0.4, -0.2) is 31.2 Å². The molecule has 0 bridgehead atoms. The average Bonchev–Trinajstić information content (AvgIpc) is 2.77. The third-order valence-corrected chi connectivity index (χ3v) is 2.76. The molecule has 4 heteroatoms. The Morgan fingerprint density at radius 1 is 1.67 bits per heavy atom. The van der Waals surface area contributed by atoms with Crippen molar-refractivity contribution in [1.82, 2.24) is 5.32 Å². The molecule has 15 heavy (non-hydrogen) atoms. The van der Waals surface area contributed by atoms with Crippen LogP contribution in [0.2, 0.25) is 0 Å². The Kier molecular flexibility index (Phi) is 5.65. The van der Waals surface area contributed by atoms with Crippen LogP contribution in [0, 0.1) is 0 Å². The second-order valence-electron chi connectivity index (χ2n) is 4.09. The topological polar surface area (TPSA) is 64.3 Å². The van der Waals surface area contributed by atoms with Gasteiger partial charge in [-0.05, 0) is 19.3 Å². The Hall–Kier alpha value is -0.610. The second-order valence-corrected chi connectivity index (χ2v) is 4.09. The van der Waals surface area contributed by atoms with Gasteiger partial charge >= 0.3 is 0 Å². The Balaban J connectivity index is 2.26. The van der Waals surface area contributed by atoms with E-state index in [0.717, 1.165) is 32.1 Å². The normalized spacial score (nSPS) is 22.7. The molecule has 1 heterocycles. The first kappa shape index (κ1) is 12.5. The fourth-order valence-electron chi connectivity index (χ4n) is 1.78. The van der Waals surface area contributed by atoms with Crippen molar-refractivity contribution in [3.63, 3.8) is 0 Å². The van der Waals surface area contributed by atoms with Crippen LogP contribution in [0.1, 0.15) is 39.0 Å². The number of nitrogens with two attached hydrogens (primary N) is 1. The number of nitrogens with one attached hydrogen (secondary N) is 1. The number of ether oxygens (including phenoxy) is 1. The molecule has 1 aliphatic heterocycles. The van der Waals surface area contributed by atoms with Gasteiger partial charge in [-0.1, -0.05) is 19.8 Å². The summed E-state index contributed by atoms with van der Waals surface area (Å²) in [6, 6.07) is 0.113. The third kappa shape index (κ3) is 4.18. The first-order valence-corrected chi connectivity index (χ1v) is 5.90. The van der Waals surface area contributed by atoms with Crippen molar-refractivity contribution in [1.29, 1.82) is 0 Å².